The average Bonchev–Trinajstić information content (AvgIpc) is 1.61. The third-order valence-corrected chi connectivity index (χ3v) is 34.9. The van der Waals surface area contributed by atoms with Gasteiger partial charge >= 0.3 is 6.36 Å². The van der Waals surface area contributed by atoms with Gasteiger partial charge in [-0.05, 0) is 244 Å². The molecule has 10 aromatic carbocycles. The van der Waals surface area contributed by atoms with Gasteiger partial charge < -0.3 is 46.5 Å². The first-order chi connectivity index (χ1) is 71.8. The predicted molar refractivity (Wildman–Crippen MR) is 575 cm³/mol. The molecule has 2 saturated heterocycles. The van der Waals surface area contributed by atoms with Crippen LogP contribution in [-0.4, -0.2) is 137 Å². The van der Waals surface area contributed by atoms with E-state index in [9.17, 15) is 81.6 Å². The van der Waals surface area contributed by atoms with E-state index in [0.29, 0.717) is 123 Å². The van der Waals surface area contributed by atoms with Crippen LogP contribution in [-0.2, 0) is 82.8 Å². The van der Waals surface area contributed by atoms with Crippen molar-refractivity contribution in [1.82, 2.24) is 27.6 Å². The Morgan fingerprint density at radius 3 is 0.993 bits per heavy atom. The van der Waals surface area contributed by atoms with Crippen molar-refractivity contribution >= 4 is 122 Å². The summed E-state index contributed by atoms with van der Waals surface area (Å²) in [6.45, 7) is 10.8. The van der Waals surface area contributed by atoms with Crippen molar-refractivity contribution < 1.29 is 78.9 Å². The zero-order chi connectivity index (χ0) is 107. The Kier molecular flexibility index (Phi) is 31.4. The Labute approximate surface area is 871 Å². The second kappa shape index (κ2) is 44.2. The highest BCUT2D eigenvalue weighted by molar-refractivity contribution is 7.93. The van der Waals surface area contributed by atoms with E-state index in [1.807, 2.05) is 133 Å². The minimum atomic E-state index is -4.82. The van der Waals surface area contributed by atoms with Gasteiger partial charge in [-0.2, -0.15) is 26.3 Å². The molecule has 4 N–H and O–H groups in total. The van der Waals surface area contributed by atoms with Crippen LogP contribution < -0.4 is 46.9 Å². The number of hydrogen-bond donors (Lipinski definition) is 3. The number of fused-ring (bicyclic) bond motifs is 5. The van der Waals surface area contributed by atoms with Crippen molar-refractivity contribution in [1.29, 1.82) is 26.3 Å². The number of anilines is 3. The van der Waals surface area contributed by atoms with Gasteiger partial charge in [-0.1, -0.05) is 100 Å². The van der Waals surface area contributed by atoms with Gasteiger partial charge in [0.15, 0.2) is 0 Å². The van der Waals surface area contributed by atoms with Crippen LogP contribution in [0.2, 0.25) is 0 Å². The maximum atomic E-state index is 12.6. The Hall–Kier alpha value is -14.8. The number of alkyl halides is 3. The molecule has 38 heteroatoms. The molecule has 150 heavy (non-hydrogen) atoms. The SMILES string of the molecule is CCn1c(-c2ccc(NS(C)(=O)=O)cc2)c(C#N)c2ccc(OC(F)(F)F)cc21.COc1ccc2c(C#N)c(-c3ccc(N4CCCS4(=O)=O)cc3)n(CC(C)C)c2c1.COc1ccc2c(C#N)c(-c3ccc(N4CCCS4(=O)=O)cc3)n(CC3CC3)c2c1.COc1ccc2c(C#N)c(-c3ccc(S(=O)(=O)NC4CC4)cc3)n(CC3CCCC3)c2c1.COc1ccc2c(C#N)c(-c3ccc(S(N)(=O)=O)cc3)n(CC3CCCC3)c2c1. The number of methoxy groups -OCH3 is 4. The van der Waals surface area contributed by atoms with Gasteiger partial charge in [-0.25, -0.2) is 52.0 Å². The van der Waals surface area contributed by atoms with E-state index in [1.165, 1.54) is 103 Å². The zero-order valence-electron chi connectivity index (χ0n) is 84.1. The number of nitriles is 5. The molecule has 0 bridgehead atoms. The van der Waals surface area contributed by atoms with Crippen LogP contribution in [0, 0.1) is 80.3 Å². The second-order valence-electron chi connectivity index (χ2n) is 38.8. The van der Waals surface area contributed by atoms with Gasteiger partial charge in [-0.3, -0.25) is 13.3 Å². The third-order valence-electron chi connectivity index (χ3n) is 28.1. The fourth-order valence-corrected chi connectivity index (χ4v) is 26.3. The number of sulfonamides is 5. The van der Waals surface area contributed by atoms with Crippen LogP contribution in [0.15, 0.2) is 222 Å². The summed E-state index contributed by atoms with van der Waals surface area (Å²) < 4.78 is 202. The van der Waals surface area contributed by atoms with E-state index in [1.54, 1.807) is 88.5 Å². The molecule has 2 aliphatic heterocycles. The molecular formula is C112H114F3N15O15S5. The molecule has 0 atom stereocenters. The molecule has 15 aromatic rings. The van der Waals surface area contributed by atoms with E-state index in [0.717, 1.165) is 157 Å². The van der Waals surface area contributed by atoms with Gasteiger partial charge in [0.1, 0.15) is 59.1 Å². The monoisotopic (exact) mass is 2130 g/mol. The van der Waals surface area contributed by atoms with Gasteiger partial charge in [0, 0.05) is 115 Å². The van der Waals surface area contributed by atoms with Gasteiger partial charge in [0.2, 0.25) is 50.1 Å². The molecule has 0 amide bonds. The summed E-state index contributed by atoms with van der Waals surface area (Å²) in [5.41, 5.74) is 16.8. The molecular weight excluding hydrogens is 2010 g/mol. The minimum absolute atomic E-state index is 0.0554. The molecule has 6 aliphatic rings. The first-order valence-corrected chi connectivity index (χ1v) is 57.7. The molecule has 4 aliphatic carbocycles. The number of nitrogens with one attached hydrogen (secondary N) is 2. The first kappa shape index (κ1) is 107. The van der Waals surface area contributed by atoms with Crippen LogP contribution in [0.1, 0.15) is 138 Å². The lowest BCUT2D eigenvalue weighted by Gasteiger charge is -2.18. The fourth-order valence-electron chi connectivity index (χ4n) is 20.8. The lowest BCUT2D eigenvalue weighted by Crippen LogP contribution is -2.25. The topological polar surface area (TPSA) is 417 Å². The van der Waals surface area contributed by atoms with Crippen molar-refractivity contribution in [2.75, 3.05) is 72.6 Å². The van der Waals surface area contributed by atoms with Crippen LogP contribution in [0.5, 0.6) is 28.7 Å². The summed E-state index contributed by atoms with van der Waals surface area (Å²) in [4.78, 5) is 0.312. The lowest BCUT2D eigenvalue weighted by atomic mass is 10.1. The van der Waals surface area contributed by atoms with Crippen LogP contribution >= 0.6 is 0 Å². The Bertz CT molecular complexity index is 8320. The molecule has 6 fully saturated rings. The number of benzene rings is 10. The van der Waals surface area contributed by atoms with E-state index < -0.39 is 56.5 Å². The highest BCUT2D eigenvalue weighted by atomic mass is 32.2. The van der Waals surface area contributed by atoms with Crippen LogP contribution in [0.3, 0.4) is 0 Å². The van der Waals surface area contributed by atoms with Crippen molar-refractivity contribution in [3.05, 3.63) is 240 Å². The van der Waals surface area contributed by atoms with Crippen LogP contribution in [0.4, 0.5) is 30.2 Å². The zero-order valence-corrected chi connectivity index (χ0v) is 88.2. The Morgan fingerprint density at radius 2 is 0.700 bits per heavy atom. The molecule has 21 rings (SSSR count). The maximum absolute atomic E-state index is 12.6. The average molecular weight is 2130 g/mol. The number of hydrogen-bond acceptors (Lipinski definition) is 20. The fraction of sp³-hybridized carbons (Fsp3) is 0.330. The first-order valence-electron chi connectivity index (χ1n) is 49.6. The summed E-state index contributed by atoms with van der Waals surface area (Å²) >= 11 is 0. The number of rotatable bonds is 27. The highest BCUT2D eigenvalue weighted by Crippen LogP contribution is 2.47. The maximum Gasteiger partial charge on any atom is 0.573 e. The number of nitrogens with two attached hydrogens (primary N) is 1. The largest absolute Gasteiger partial charge is 0.573 e. The number of ether oxygens (including phenoxy) is 5. The molecule has 5 aromatic heterocycles. The molecule has 0 spiro atoms. The second-order valence-corrected chi connectivity index (χ2v) is 47.8. The summed E-state index contributed by atoms with van der Waals surface area (Å²) in [5, 5.41) is 59.0. The molecule has 4 saturated carbocycles. The van der Waals surface area contributed by atoms with E-state index >= 15 is 0 Å². The van der Waals surface area contributed by atoms with Crippen molar-refractivity contribution in [2.45, 2.75) is 166 Å². The number of primary sulfonamides is 1. The van der Waals surface area contributed by atoms with Gasteiger partial charge in [0.25, 0.3) is 0 Å². The standard InChI is InChI=1S/C25H27N3O3S.C23H23N3O3S.C23H25N3O3S.C22H23N3O3S.C19H16F3N3O3S/c1-31-20-10-13-22-23(15-26)25(28(24(22)14-20)16-17-4-2-3-5-17)18-6-11-21(12-7-18)32(29,30)27-19-8-9-19;1-29-19-9-10-20-21(14-24)23(25(22(20)13-19)15-16-3-4-16)17-5-7-18(8-6-17)26-11-2-12-30(26,27)28;1-16(2)15-25-22-13-19(29-3)9-10-20(22)21(14-24)23(25)17-5-7-18(8-6-17)26-11-4-12-30(26,27)28;1-28-17-8-11-19-20(13-23)22(16-6-9-18(10-7-16)29(24,26)27)25(21(19)12-17)14-15-4-2-3-5-15;1-3-25-17-10-14(28-19(20,21)22)8-9-15(17)16(11-23)18(25)12-4-6-13(7-5-12)24-29(2,26)27/h6-7,10-14,17,19,27H,2-5,8-9,16H2,1H3;5-10,13,16H,2-4,11-12,15H2,1H3;5-10,13,16H,4,11-12,15H2,1-3H3;6-12,15H,2-5,14H2,1H3,(H2,24,26,27);4-10,24H,3H2,1-2H3. The molecule has 0 radical (unpaired) electrons. The number of aryl methyl sites for hydroxylation is 1. The smallest absolute Gasteiger partial charge is 0.497 e. The van der Waals surface area contributed by atoms with E-state index in [2.05, 4.69) is 76.6 Å². The van der Waals surface area contributed by atoms with Crippen LogP contribution in [0.25, 0.3) is 111 Å². The van der Waals surface area contributed by atoms with Gasteiger partial charge in [-0.15, -0.1) is 13.2 Å². The summed E-state index contributed by atoms with van der Waals surface area (Å²) in [5.74, 6) is 5.17. The molecule has 30 nitrogen and oxygen atoms in total. The highest BCUT2D eigenvalue weighted by Gasteiger charge is 2.37. The predicted octanol–water partition coefficient (Wildman–Crippen LogP) is 21.8. The summed E-state index contributed by atoms with van der Waals surface area (Å²) in [6, 6.07) is 73.5. The Morgan fingerprint density at radius 1 is 0.400 bits per heavy atom. The third kappa shape index (κ3) is 23.1. The Balaban J connectivity index is 0.000000128. The van der Waals surface area contributed by atoms with Crippen molar-refractivity contribution in [3.8, 4) is 115 Å². The van der Waals surface area contributed by atoms with Gasteiger partial charge in [0.05, 0.1) is 151 Å². The quantitative estimate of drug-likeness (QED) is 0.0430. The lowest BCUT2D eigenvalue weighted by molar-refractivity contribution is -0.274. The summed E-state index contributed by atoms with van der Waals surface area (Å²) in [6.07, 6.45) is 11.4. The number of nitrogens with zero attached hydrogens (tertiary/aromatic N) is 12. The number of aromatic nitrogens is 5. The molecule has 7 heterocycles. The van der Waals surface area contributed by atoms with Crippen molar-refractivity contribution in [3.63, 3.8) is 0 Å². The molecule has 778 valence electrons. The van der Waals surface area contributed by atoms with E-state index in [-0.39, 0.29) is 33.1 Å². The summed E-state index contributed by atoms with van der Waals surface area (Å²) in [7, 11) is -10.6. The minimum Gasteiger partial charge on any atom is -0.497 e. The molecule has 0 unspecified atom stereocenters. The number of halogens is 3. The normalized spacial score (nSPS) is 15.5. The van der Waals surface area contributed by atoms with E-state index in [4.69, 9.17) is 24.1 Å². The van der Waals surface area contributed by atoms with Crippen molar-refractivity contribution in [2.24, 2.45) is 28.8 Å².